The van der Waals surface area contributed by atoms with E-state index < -0.39 is 5.97 Å². The second-order valence-corrected chi connectivity index (χ2v) is 4.33. The van der Waals surface area contributed by atoms with E-state index in [4.69, 9.17) is 0 Å². The van der Waals surface area contributed by atoms with Crippen molar-refractivity contribution in [3.8, 4) is 0 Å². The van der Waals surface area contributed by atoms with Crippen LogP contribution in [-0.2, 0) is 4.74 Å². The Morgan fingerprint density at radius 1 is 1.56 bits per heavy atom. The van der Waals surface area contributed by atoms with Crippen LogP contribution in [0.5, 0.6) is 0 Å². The summed E-state index contributed by atoms with van der Waals surface area (Å²) in [6.45, 7) is 2.97. The summed E-state index contributed by atoms with van der Waals surface area (Å²) in [7, 11) is 1.34. The summed E-state index contributed by atoms with van der Waals surface area (Å²) in [4.78, 5) is 19.5. The van der Waals surface area contributed by atoms with Gasteiger partial charge in [-0.15, -0.1) is 0 Å². The minimum absolute atomic E-state index is 0.278. The largest absolute Gasteiger partial charge is 0.464 e. The van der Waals surface area contributed by atoms with Gasteiger partial charge in [0, 0.05) is 12.7 Å². The van der Waals surface area contributed by atoms with Crippen molar-refractivity contribution in [2.24, 2.45) is 5.92 Å². The highest BCUT2D eigenvalue weighted by molar-refractivity contribution is 5.87. The van der Waals surface area contributed by atoms with E-state index in [2.05, 4.69) is 25.3 Å². The zero-order valence-electron chi connectivity index (χ0n) is 10.5. The van der Waals surface area contributed by atoms with E-state index in [1.807, 2.05) is 0 Å². The van der Waals surface area contributed by atoms with Gasteiger partial charge in [0.25, 0.3) is 0 Å². The van der Waals surface area contributed by atoms with Gasteiger partial charge in [-0.05, 0) is 37.9 Å². The SMILES string of the molecule is COC(=O)c1ccnc(NCC2CCNCC2)n1. The van der Waals surface area contributed by atoms with E-state index in [1.165, 1.54) is 7.11 Å². The number of nitrogens with one attached hydrogen (secondary N) is 2. The van der Waals surface area contributed by atoms with Crippen LogP contribution >= 0.6 is 0 Å². The maximum atomic E-state index is 11.3. The number of anilines is 1. The van der Waals surface area contributed by atoms with Gasteiger partial charge < -0.3 is 15.4 Å². The van der Waals surface area contributed by atoms with Crippen molar-refractivity contribution in [2.75, 3.05) is 32.1 Å². The topological polar surface area (TPSA) is 76.1 Å². The second-order valence-electron chi connectivity index (χ2n) is 4.33. The zero-order chi connectivity index (χ0) is 12.8. The third kappa shape index (κ3) is 3.40. The Balaban J connectivity index is 1.90. The molecule has 0 bridgehead atoms. The smallest absolute Gasteiger partial charge is 0.356 e. The summed E-state index contributed by atoms with van der Waals surface area (Å²) in [6, 6.07) is 1.54. The number of hydrogen-bond acceptors (Lipinski definition) is 6. The van der Waals surface area contributed by atoms with Crippen LogP contribution in [0.15, 0.2) is 12.3 Å². The van der Waals surface area contributed by atoms with Crippen LogP contribution < -0.4 is 10.6 Å². The average Bonchev–Trinajstić information content (AvgIpc) is 2.45. The Morgan fingerprint density at radius 2 is 2.33 bits per heavy atom. The third-order valence-electron chi connectivity index (χ3n) is 3.06. The van der Waals surface area contributed by atoms with Gasteiger partial charge in [-0.1, -0.05) is 0 Å². The number of ether oxygens (including phenoxy) is 1. The van der Waals surface area contributed by atoms with E-state index in [0.717, 1.165) is 32.5 Å². The highest BCUT2D eigenvalue weighted by Crippen LogP contribution is 2.12. The van der Waals surface area contributed by atoms with Crippen molar-refractivity contribution in [3.63, 3.8) is 0 Å². The molecule has 2 heterocycles. The first-order valence-electron chi connectivity index (χ1n) is 6.15. The van der Waals surface area contributed by atoms with Gasteiger partial charge >= 0.3 is 5.97 Å². The third-order valence-corrected chi connectivity index (χ3v) is 3.06. The molecule has 1 aromatic rings. The fourth-order valence-corrected chi connectivity index (χ4v) is 1.98. The summed E-state index contributed by atoms with van der Waals surface area (Å²) >= 11 is 0. The van der Waals surface area contributed by atoms with E-state index in [9.17, 15) is 4.79 Å². The molecule has 0 aromatic carbocycles. The molecule has 6 heteroatoms. The minimum Gasteiger partial charge on any atom is -0.464 e. The van der Waals surface area contributed by atoms with Crippen molar-refractivity contribution in [3.05, 3.63) is 18.0 Å². The van der Waals surface area contributed by atoms with E-state index in [0.29, 0.717) is 11.9 Å². The first-order valence-corrected chi connectivity index (χ1v) is 6.15. The Labute approximate surface area is 106 Å². The van der Waals surface area contributed by atoms with Crippen molar-refractivity contribution < 1.29 is 9.53 Å². The highest BCUT2D eigenvalue weighted by atomic mass is 16.5. The molecule has 0 amide bonds. The molecule has 1 aromatic heterocycles. The number of carbonyl (C=O) groups excluding carboxylic acids is 1. The predicted octanol–water partition coefficient (Wildman–Crippen LogP) is 0.675. The zero-order valence-corrected chi connectivity index (χ0v) is 10.5. The summed E-state index contributed by atoms with van der Waals surface area (Å²) in [6.07, 6.45) is 3.87. The minimum atomic E-state index is -0.442. The van der Waals surface area contributed by atoms with Crippen molar-refractivity contribution >= 4 is 11.9 Å². The first-order chi connectivity index (χ1) is 8.79. The van der Waals surface area contributed by atoms with Crippen molar-refractivity contribution in [2.45, 2.75) is 12.8 Å². The van der Waals surface area contributed by atoms with Gasteiger partial charge in [-0.3, -0.25) is 0 Å². The molecule has 0 spiro atoms. The number of carbonyl (C=O) groups is 1. The molecule has 0 unspecified atom stereocenters. The lowest BCUT2D eigenvalue weighted by molar-refractivity contribution is 0.0594. The summed E-state index contributed by atoms with van der Waals surface area (Å²) < 4.78 is 4.62. The van der Waals surface area contributed by atoms with Crippen LogP contribution in [0.3, 0.4) is 0 Å². The number of piperidine rings is 1. The Morgan fingerprint density at radius 3 is 3.06 bits per heavy atom. The van der Waals surface area contributed by atoms with Gasteiger partial charge in [0.1, 0.15) is 0 Å². The summed E-state index contributed by atoms with van der Waals surface area (Å²) in [5, 5.41) is 6.50. The monoisotopic (exact) mass is 250 g/mol. The second kappa shape index (κ2) is 6.30. The van der Waals surface area contributed by atoms with Gasteiger partial charge in [0.05, 0.1) is 7.11 Å². The maximum Gasteiger partial charge on any atom is 0.356 e. The van der Waals surface area contributed by atoms with Gasteiger partial charge in [-0.25, -0.2) is 14.8 Å². The van der Waals surface area contributed by atoms with Crippen LogP contribution in [0.1, 0.15) is 23.3 Å². The summed E-state index contributed by atoms with van der Waals surface area (Å²) in [5.41, 5.74) is 0.278. The van der Waals surface area contributed by atoms with Gasteiger partial charge in [0.2, 0.25) is 5.95 Å². The Hall–Kier alpha value is -1.69. The molecule has 0 aliphatic carbocycles. The molecule has 0 saturated carbocycles. The molecule has 0 radical (unpaired) electrons. The van der Waals surface area contributed by atoms with Crippen LogP contribution in [0.2, 0.25) is 0 Å². The fourth-order valence-electron chi connectivity index (χ4n) is 1.98. The molecule has 6 nitrogen and oxygen atoms in total. The van der Waals surface area contributed by atoms with Crippen molar-refractivity contribution in [1.29, 1.82) is 0 Å². The molecule has 2 rings (SSSR count). The molecule has 1 saturated heterocycles. The summed E-state index contributed by atoms with van der Waals surface area (Å²) in [5.74, 6) is 0.676. The fraction of sp³-hybridized carbons (Fsp3) is 0.583. The first kappa shape index (κ1) is 12.8. The molecule has 1 fully saturated rings. The van der Waals surface area contributed by atoms with E-state index >= 15 is 0 Å². The number of esters is 1. The molecule has 1 aliphatic rings. The van der Waals surface area contributed by atoms with Crippen LogP contribution in [0.4, 0.5) is 5.95 Å². The van der Waals surface area contributed by atoms with E-state index in [-0.39, 0.29) is 5.69 Å². The molecule has 1 aliphatic heterocycles. The molecule has 98 valence electrons. The normalized spacial score (nSPS) is 16.3. The lowest BCUT2D eigenvalue weighted by atomic mass is 9.98. The molecule has 18 heavy (non-hydrogen) atoms. The van der Waals surface area contributed by atoms with Crippen LogP contribution in [0.25, 0.3) is 0 Å². The predicted molar refractivity (Wildman–Crippen MR) is 67.5 cm³/mol. The Kier molecular flexibility index (Phi) is 4.46. The number of methoxy groups -OCH3 is 1. The van der Waals surface area contributed by atoms with Crippen LogP contribution in [-0.4, -0.2) is 42.7 Å². The number of rotatable bonds is 4. The Bertz CT molecular complexity index is 405. The molecular weight excluding hydrogens is 232 g/mol. The molecule has 2 N–H and O–H groups in total. The standard InChI is InChI=1S/C12H18N4O2/c1-18-11(17)10-4-7-14-12(16-10)15-8-9-2-5-13-6-3-9/h4,7,9,13H,2-3,5-6,8H2,1H3,(H,14,15,16). The van der Waals surface area contributed by atoms with Gasteiger partial charge in [0.15, 0.2) is 5.69 Å². The number of nitrogens with zero attached hydrogens (tertiary/aromatic N) is 2. The highest BCUT2D eigenvalue weighted by Gasteiger charge is 2.13. The maximum absolute atomic E-state index is 11.3. The number of aromatic nitrogens is 2. The van der Waals surface area contributed by atoms with Gasteiger partial charge in [-0.2, -0.15) is 0 Å². The lowest BCUT2D eigenvalue weighted by Crippen LogP contribution is -2.31. The molecular formula is C12H18N4O2. The quantitative estimate of drug-likeness (QED) is 0.765. The lowest BCUT2D eigenvalue weighted by Gasteiger charge is -2.22. The van der Waals surface area contributed by atoms with E-state index in [1.54, 1.807) is 12.3 Å². The van der Waals surface area contributed by atoms with Crippen molar-refractivity contribution in [1.82, 2.24) is 15.3 Å². The molecule has 0 atom stereocenters. The van der Waals surface area contributed by atoms with Crippen LogP contribution in [0, 0.1) is 5.92 Å². The number of hydrogen-bond donors (Lipinski definition) is 2. The average molecular weight is 250 g/mol.